The van der Waals surface area contributed by atoms with Crippen molar-refractivity contribution in [2.45, 2.75) is 32.1 Å². The average Bonchev–Trinajstić information content (AvgIpc) is 3.21. The summed E-state index contributed by atoms with van der Waals surface area (Å²) in [6, 6.07) is 2.73. The van der Waals surface area contributed by atoms with Crippen LogP contribution in [0.1, 0.15) is 36.3 Å². The fraction of sp³-hybridized carbons (Fsp3) is 0.333. The minimum atomic E-state index is -2.61. The van der Waals surface area contributed by atoms with Crippen molar-refractivity contribution >= 4 is 0 Å². The monoisotopic (exact) mass is 318 g/mol. The maximum absolute atomic E-state index is 12.5. The molecule has 8 heteroatoms. The van der Waals surface area contributed by atoms with Gasteiger partial charge in [0.05, 0.1) is 0 Å². The van der Waals surface area contributed by atoms with Crippen LogP contribution in [0.2, 0.25) is 0 Å². The van der Waals surface area contributed by atoms with E-state index >= 15 is 0 Å². The topological polar surface area (TPSA) is 77.8 Å². The summed E-state index contributed by atoms with van der Waals surface area (Å²) in [5, 5.41) is 7.90. The molecule has 0 saturated heterocycles. The van der Waals surface area contributed by atoms with Gasteiger partial charge in [0.1, 0.15) is 11.5 Å². The fourth-order valence-corrected chi connectivity index (χ4v) is 2.66. The van der Waals surface area contributed by atoms with E-state index < -0.39 is 6.43 Å². The lowest BCUT2D eigenvalue weighted by atomic mass is 9.96. The SMILES string of the molecule is FC(F)c1ccc(-c2noc(-c3noc4c3CCCC4)n2)cn1. The van der Waals surface area contributed by atoms with Gasteiger partial charge in [-0.3, -0.25) is 4.98 Å². The first-order chi connectivity index (χ1) is 11.2. The summed E-state index contributed by atoms with van der Waals surface area (Å²) in [4.78, 5) is 7.97. The third-order valence-corrected chi connectivity index (χ3v) is 3.85. The summed E-state index contributed by atoms with van der Waals surface area (Å²) in [6.45, 7) is 0. The number of pyridine rings is 1. The Labute approximate surface area is 129 Å². The van der Waals surface area contributed by atoms with Crippen molar-refractivity contribution in [3.05, 3.63) is 35.3 Å². The second-order valence-electron chi connectivity index (χ2n) is 5.34. The van der Waals surface area contributed by atoms with Crippen LogP contribution in [0, 0.1) is 0 Å². The predicted molar refractivity (Wildman–Crippen MR) is 74.6 cm³/mol. The summed E-state index contributed by atoms with van der Waals surface area (Å²) >= 11 is 0. The molecule has 0 aliphatic heterocycles. The molecule has 6 nitrogen and oxygen atoms in total. The molecule has 1 aliphatic carbocycles. The van der Waals surface area contributed by atoms with Crippen LogP contribution in [0.4, 0.5) is 8.78 Å². The molecule has 3 aromatic heterocycles. The number of fused-ring (bicyclic) bond motifs is 1. The molecule has 3 heterocycles. The van der Waals surface area contributed by atoms with Crippen LogP contribution in [0.5, 0.6) is 0 Å². The van der Waals surface area contributed by atoms with E-state index in [2.05, 4.69) is 20.3 Å². The Bertz CT molecular complexity index is 826. The Morgan fingerprint density at radius 1 is 1.04 bits per heavy atom. The molecule has 4 rings (SSSR count). The minimum Gasteiger partial charge on any atom is -0.360 e. The molecule has 1 aliphatic rings. The number of halogens is 2. The van der Waals surface area contributed by atoms with Crippen LogP contribution < -0.4 is 0 Å². The van der Waals surface area contributed by atoms with Crippen molar-refractivity contribution < 1.29 is 17.8 Å². The molecular weight excluding hydrogens is 306 g/mol. The molecule has 0 saturated carbocycles. The van der Waals surface area contributed by atoms with E-state index in [9.17, 15) is 8.78 Å². The quantitative estimate of drug-likeness (QED) is 0.734. The Morgan fingerprint density at radius 3 is 2.70 bits per heavy atom. The summed E-state index contributed by atoms with van der Waals surface area (Å²) in [5.41, 5.74) is 1.79. The van der Waals surface area contributed by atoms with E-state index in [-0.39, 0.29) is 17.4 Å². The highest BCUT2D eigenvalue weighted by atomic mass is 19.3. The zero-order valence-corrected chi connectivity index (χ0v) is 12.0. The number of aromatic nitrogens is 4. The van der Waals surface area contributed by atoms with E-state index in [1.54, 1.807) is 0 Å². The van der Waals surface area contributed by atoms with Crippen molar-refractivity contribution in [2.75, 3.05) is 0 Å². The molecule has 23 heavy (non-hydrogen) atoms. The van der Waals surface area contributed by atoms with Gasteiger partial charge in [-0.05, 0) is 31.4 Å². The predicted octanol–water partition coefficient (Wildman–Crippen LogP) is 3.60. The van der Waals surface area contributed by atoms with E-state index in [1.807, 2.05) is 0 Å². The van der Waals surface area contributed by atoms with Crippen LogP contribution in [-0.4, -0.2) is 20.3 Å². The molecule has 0 amide bonds. The number of nitrogens with zero attached hydrogens (tertiary/aromatic N) is 4. The van der Waals surface area contributed by atoms with E-state index in [4.69, 9.17) is 9.05 Å². The van der Waals surface area contributed by atoms with Crippen molar-refractivity contribution in [2.24, 2.45) is 0 Å². The molecule has 0 spiro atoms. The fourth-order valence-electron chi connectivity index (χ4n) is 2.66. The highest BCUT2D eigenvalue weighted by Crippen LogP contribution is 2.31. The molecule has 0 N–H and O–H groups in total. The molecule has 0 atom stereocenters. The first-order valence-corrected chi connectivity index (χ1v) is 7.28. The Balaban J connectivity index is 1.65. The molecule has 0 radical (unpaired) electrons. The minimum absolute atomic E-state index is 0.268. The maximum atomic E-state index is 12.5. The molecule has 0 fully saturated rings. The van der Waals surface area contributed by atoms with Gasteiger partial charge < -0.3 is 9.05 Å². The molecule has 0 bridgehead atoms. The standard InChI is InChI=1S/C15H12F2N4O2/c16-13(17)10-6-5-8(7-18-10)14-19-15(23-21-14)12-9-3-1-2-4-11(9)22-20-12/h5-7,13H,1-4H2. The number of hydrogen-bond donors (Lipinski definition) is 0. The average molecular weight is 318 g/mol. The van der Waals surface area contributed by atoms with Gasteiger partial charge in [0.2, 0.25) is 5.82 Å². The second-order valence-corrected chi connectivity index (χ2v) is 5.34. The Hall–Kier alpha value is -2.64. The van der Waals surface area contributed by atoms with Gasteiger partial charge in [-0.15, -0.1) is 0 Å². The summed E-state index contributed by atoms with van der Waals surface area (Å²) in [5.74, 6) is 1.42. The van der Waals surface area contributed by atoms with E-state index in [1.165, 1.54) is 18.3 Å². The molecule has 0 unspecified atom stereocenters. The summed E-state index contributed by atoms with van der Waals surface area (Å²) in [7, 11) is 0. The van der Waals surface area contributed by atoms with Crippen molar-refractivity contribution in [3.63, 3.8) is 0 Å². The van der Waals surface area contributed by atoms with Crippen LogP contribution in [0.3, 0.4) is 0 Å². The van der Waals surface area contributed by atoms with Crippen molar-refractivity contribution in [3.8, 4) is 23.0 Å². The molecule has 0 aromatic carbocycles. The molecular formula is C15H12F2N4O2. The highest BCUT2D eigenvalue weighted by Gasteiger charge is 2.24. The third kappa shape index (κ3) is 2.49. The van der Waals surface area contributed by atoms with Crippen LogP contribution in [0.25, 0.3) is 23.0 Å². The van der Waals surface area contributed by atoms with Gasteiger partial charge in [0.15, 0.2) is 5.69 Å². The summed E-state index contributed by atoms with van der Waals surface area (Å²) in [6.07, 6.45) is 2.58. The van der Waals surface area contributed by atoms with Gasteiger partial charge in [-0.1, -0.05) is 10.3 Å². The van der Waals surface area contributed by atoms with Gasteiger partial charge >= 0.3 is 0 Å². The van der Waals surface area contributed by atoms with E-state index in [0.29, 0.717) is 11.3 Å². The first kappa shape index (κ1) is 14.0. The van der Waals surface area contributed by atoms with Crippen LogP contribution in [-0.2, 0) is 12.8 Å². The normalized spacial score (nSPS) is 14.2. The Morgan fingerprint density at radius 2 is 1.91 bits per heavy atom. The zero-order valence-electron chi connectivity index (χ0n) is 12.0. The lowest BCUT2D eigenvalue weighted by molar-refractivity contribution is 0.146. The number of aryl methyl sites for hydroxylation is 1. The van der Waals surface area contributed by atoms with Crippen molar-refractivity contribution in [1.29, 1.82) is 0 Å². The van der Waals surface area contributed by atoms with Gasteiger partial charge in [-0.2, -0.15) is 4.98 Å². The largest absolute Gasteiger partial charge is 0.360 e. The number of alkyl halides is 2. The highest BCUT2D eigenvalue weighted by molar-refractivity contribution is 5.59. The summed E-state index contributed by atoms with van der Waals surface area (Å²) < 4.78 is 35.6. The maximum Gasteiger partial charge on any atom is 0.280 e. The lowest BCUT2D eigenvalue weighted by Crippen LogP contribution is -2.00. The van der Waals surface area contributed by atoms with Crippen LogP contribution >= 0.6 is 0 Å². The first-order valence-electron chi connectivity index (χ1n) is 7.28. The number of rotatable bonds is 3. The van der Waals surface area contributed by atoms with Crippen molar-refractivity contribution in [1.82, 2.24) is 20.3 Å². The molecule has 118 valence electrons. The smallest absolute Gasteiger partial charge is 0.280 e. The van der Waals surface area contributed by atoms with Gasteiger partial charge in [0.25, 0.3) is 12.3 Å². The van der Waals surface area contributed by atoms with E-state index in [0.717, 1.165) is 37.0 Å². The Kier molecular flexibility index (Phi) is 3.36. The van der Waals surface area contributed by atoms with Gasteiger partial charge in [-0.25, -0.2) is 8.78 Å². The number of hydrogen-bond acceptors (Lipinski definition) is 6. The molecule has 3 aromatic rings. The zero-order chi connectivity index (χ0) is 15.8. The second kappa shape index (κ2) is 5.53. The third-order valence-electron chi connectivity index (χ3n) is 3.85. The van der Waals surface area contributed by atoms with Gasteiger partial charge in [0, 0.05) is 23.7 Å². The van der Waals surface area contributed by atoms with Crippen LogP contribution in [0.15, 0.2) is 27.4 Å². The lowest BCUT2D eigenvalue weighted by Gasteiger charge is -2.07.